The van der Waals surface area contributed by atoms with Crippen molar-refractivity contribution in [3.8, 4) is 5.75 Å². The van der Waals surface area contributed by atoms with Crippen molar-refractivity contribution < 1.29 is 37.7 Å². The SMILES string of the molecule is COC[C@H](Cc1ccc(O)cc1)NC(=O)c1cc(C(=O)O)c2cc(CSc3ccc(C(F)(F)F)cc3)ccc2n1. The van der Waals surface area contributed by atoms with Crippen LogP contribution >= 0.6 is 11.8 Å². The number of hydrogen-bond acceptors (Lipinski definition) is 6. The van der Waals surface area contributed by atoms with E-state index in [-0.39, 0.29) is 23.6 Å². The van der Waals surface area contributed by atoms with Gasteiger partial charge in [0.15, 0.2) is 0 Å². The first-order valence-electron chi connectivity index (χ1n) is 12.1. The van der Waals surface area contributed by atoms with Gasteiger partial charge in [0.25, 0.3) is 5.91 Å². The zero-order valence-electron chi connectivity index (χ0n) is 21.2. The monoisotopic (exact) mass is 570 g/mol. The molecule has 3 N–H and O–H groups in total. The number of carboxylic acid groups (broad SMARTS) is 1. The molecule has 0 saturated carbocycles. The summed E-state index contributed by atoms with van der Waals surface area (Å²) < 4.78 is 43.6. The van der Waals surface area contributed by atoms with Crippen molar-refractivity contribution in [1.82, 2.24) is 10.3 Å². The van der Waals surface area contributed by atoms with E-state index in [9.17, 15) is 33.0 Å². The number of phenolic OH excluding ortho intramolecular Hbond substituents is 1. The standard InChI is InChI=1S/C29H25F3N2O5S/c1-39-15-20(12-17-2-7-21(35)8-3-17)33-27(36)26-14-24(28(37)38)23-13-18(4-11-25(23)34-26)16-40-22-9-5-19(6-10-22)29(30,31)32/h2-11,13-14,20,35H,12,15-16H2,1H3,(H,33,36)(H,37,38)/t20-/m0/s1. The molecule has 7 nitrogen and oxygen atoms in total. The van der Waals surface area contributed by atoms with Gasteiger partial charge in [-0.15, -0.1) is 11.8 Å². The smallest absolute Gasteiger partial charge is 0.416 e. The van der Waals surface area contributed by atoms with Gasteiger partial charge in [-0.1, -0.05) is 18.2 Å². The van der Waals surface area contributed by atoms with Crippen LogP contribution < -0.4 is 5.32 Å². The number of halogens is 3. The van der Waals surface area contributed by atoms with Gasteiger partial charge in [-0.2, -0.15) is 13.2 Å². The topological polar surface area (TPSA) is 109 Å². The fourth-order valence-corrected chi connectivity index (χ4v) is 4.93. The second kappa shape index (κ2) is 12.4. The van der Waals surface area contributed by atoms with Crippen molar-refractivity contribution in [2.45, 2.75) is 29.3 Å². The number of thioether (sulfide) groups is 1. The van der Waals surface area contributed by atoms with Crippen LogP contribution in [0, 0.1) is 0 Å². The normalized spacial score (nSPS) is 12.3. The highest BCUT2D eigenvalue weighted by atomic mass is 32.2. The molecule has 0 fully saturated rings. The van der Waals surface area contributed by atoms with Crippen molar-refractivity contribution in [1.29, 1.82) is 0 Å². The van der Waals surface area contributed by atoms with Crippen molar-refractivity contribution in [2.24, 2.45) is 0 Å². The predicted octanol–water partition coefficient (Wildman–Crippen LogP) is 5.94. The number of hydrogen-bond donors (Lipinski definition) is 3. The number of rotatable bonds is 10. The zero-order valence-corrected chi connectivity index (χ0v) is 22.1. The lowest BCUT2D eigenvalue weighted by Gasteiger charge is -2.18. The molecule has 1 atom stereocenters. The van der Waals surface area contributed by atoms with E-state index in [1.807, 2.05) is 0 Å². The second-order valence-corrected chi connectivity index (χ2v) is 10.1. The summed E-state index contributed by atoms with van der Waals surface area (Å²) in [5.41, 5.74) is 1.03. The highest BCUT2D eigenvalue weighted by Gasteiger charge is 2.30. The summed E-state index contributed by atoms with van der Waals surface area (Å²) >= 11 is 1.31. The van der Waals surface area contributed by atoms with Gasteiger partial charge in [0.2, 0.25) is 0 Å². The van der Waals surface area contributed by atoms with Gasteiger partial charge in [0.05, 0.1) is 29.3 Å². The molecule has 0 radical (unpaired) electrons. The first-order chi connectivity index (χ1) is 19.0. The molecule has 1 aromatic heterocycles. The molecular weight excluding hydrogens is 545 g/mol. The molecule has 0 spiro atoms. The number of fused-ring (bicyclic) bond motifs is 1. The van der Waals surface area contributed by atoms with E-state index in [0.29, 0.717) is 28.0 Å². The lowest BCUT2D eigenvalue weighted by molar-refractivity contribution is -0.137. The quantitative estimate of drug-likeness (QED) is 0.203. The summed E-state index contributed by atoms with van der Waals surface area (Å²) in [5.74, 6) is -1.28. The van der Waals surface area contributed by atoms with Crippen LogP contribution in [0.25, 0.3) is 10.9 Å². The average molecular weight is 571 g/mol. The Morgan fingerprint density at radius 3 is 2.30 bits per heavy atom. The molecule has 0 aliphatic rings. The van der Waals surface area contributed by atoms with Gasteiger partial charge in [-0.25, -0.2) is 9.78 Å². The minimum Gasteiger partial charge on any atom is -0.508 e. The molecule has 4 rings (SSSR count). The zero-order chi connectivity index (χ0) is 28.9. The van der Waals surface area contributed by atoms with Gasteiger partial charge in [-0.3, -0.25) is 4.79 Å². The van der Waals surface area contributed by atoms with Crippen LogP contribution in [0.15, 0.2) is 77.7 Å². The number of pyridine rings is 1. The third-order valence-electron chi connectivity index (χ3n) is 6.04. The molecule has 0 aliphatic heterocycles. The Labute approximate surface area is 232 Å². The fourth-order valence-electron chi connectivity index (χ4n) is 4.09. The summed E-state index contributed by atoms with van der Waals surface area (Å²) in [6, 6.07) is 17.2. The summed E-state index contributed by atoms with van der Waals surface area (Å²) in [6.45, 7) is 0.200. The number of aromatic nitrogens is 1. The third kappa shape index (κ3) is 7.30. The molecule has 0 aliphatic carbocycles. The van der Waals surface area contributed by atoms with E-state index in [0.717, 1.165) is 23.3 Å². The molecule has 3 aromatic carbocycles. The number of benzene rings is 3. The van der Waals surface area contributed by atoms with Gasteiger partial charge < -0.3 is 20.3 Å². The Morgan fingerprint density at radius 2 is 1.68 bits per heavy atom. The molecule has 4 aromatic rings. The van der Waals surface area contributed by atoms with Gasteiger partial charge in [0, 0.05) is 23.1 Å². The van der Waals surface area contributed by atoms with E-state index >= 15 is 0 Å². The Bertz CT molecular complexity index is 1510. The summed E-state index contributed by atoms with van der Waals surface area (Å²) in [6.07, 6.45) is -3.99. The largest absolute Gasteiger partial charge is 0.508 e. The molecule has 0 saturated heterocycles. The van der Waals surface area contributed by atoms with Crippen LogP contribution in [-0.2, 0) is 23.1 Å². The predicted molar refractivity (Wildman–Crippen MR) is 145 cm³/mol. The maximum absolute atomic E-state index is 13.1. The maximum atomic E-state index is 13.1. The Hall–Kier alpha value is -4.09. The number of phenols is 1. The Morgan fingerprint density at radius 1 is 1.00 bits per heavy atom. The molecule has 1 heterocycles. The minimum atomic E-state index is -4.41. The number of amides is 1. The summed E-state index contributed by atoms with van der Waals surface area (Å²) in [7, 11) is 1.50. The number of carbonyl (C=O) groups is 2. The third-order valence-corrected chi connectivity index (χ3v) is 7.13. The highest BCUT2D eigenvalue weighted by Crippen LogP contribution is 2.32. The molecular formula is C29H25F3N2O5S. The molecule has 40 heavy (non-hydrogen) atoms. The van der Waals surface area contributed by atoms with Crippen LogP contribution in [0.5, 0.6) is 5.75 Å². The number of carbonyl (C=O) groups excluding carboxylic acids is 1. The number of carboxylic acids is 1. The minimum absolute atomic E-state index is 0.0661. The number of aromatic hydroxyl groups is 1. The van der Waals surface area contributed by atoms with E-state index in [2.05, 4.69) is 10.3 Å². The summed E-state index contributed by atoms with van der Waals surface area (Å²) in [5, 5.41) is 22.5. The number of methoxy groups -OCH3 is 1. The summed E-state index contributed by atoms with van der Waals surface area (Å²) in [4.78, 5) is 30.2. The van der Waals surface area contributed by atoms with E-state index in [4.69, 9.17) is 4.74 Å². The fraction of sp³-hybridized carbons (Fsp3) is 0.207. The van der Waals surface area contributed by atoms with Crippen LogP contribution in [0.1, 0.15) is 37.5 Å². The van der Waals surface area contributed by atoms with Gasteiger partial charge in [0.1, 0.15) is 11.4 Å². The van der Waals surface area contributed by atoms with E-state index in [1.54, 1.807) is 42.5 Å². The molecule has 11 heteroatoms. The van der Waals surface area contributed by atoms with Crippen molar-refractivity contribution in [2.75, 3.05) is 13.7 Å². The van der Waals surface area contributed by atoms with Crippen molar-refractivity contribution >= 4 is 34.5 Å². The number of nitrogens with one attached hydrogen (secondary N) is 1. The number of alkyl halides is 3. The van der Waals surface area contributed by atoms with Crippen molar-refractivity contribution in [3.05, 3.63) is 101 Å². The van der Waals surface area contributed by atoms with E-state index in [1.165, 1.54) is 37.1 Å². The molecule has 0 bridgehead atoms. The maximum Gasteiger partial charge on any atom is 0.416 e. The first kappa shape index (κ1) is 28.9. The van der Waals surface area contributed by atoms with E-state index < -0.39 is 29.7 Å². The lowest BCUT2D eigenvalue weighted by atomic mass is 10.0. The van der Waals surface area contributed by atoms with Gasteiger partial charge in [-0.05, 0) is 72.1 Å². The molecule has 0 unspecified atom stereocenters. The number of aromatic carboxylic acids is 1. The Balaban J connectivity index is 1.52. The number of nitrogens with zero attached hydrogens (tertiary/aromatic N) is 1. The van der Waals surface area contributed by atoms with Gasteiger partial charge >= 0.3 is 12.1 Å². The van der Waals surface area contributed by atoms with Crippen LogP contribution in [-0.4, -0.2) is 46.8 Å². The van der Waals surface area contributed by atoms with Crippen molar-refractivity contribution in [3.63, 3.8) is 0 Å². The lowest BCUT2D eigenvalue weighted by Crippen LogP contribution is -2.40. The van der Waals surface area contributed by atoms with Crippen LogP contribution in [0.4, 0.5) is 13.2 Å². The Kier molecular flexibility index (Phi) is 8.96. The first-order valence-corrected chi connectivity index (χ1v) is 13.1. The van der Waals surface area contributed by atoms with Crippen LogP contribution in [0.2, 0.25) is 0 Å². The highest BCUT2D eigenvalue weighted by molar-refractivity contribution is 7.98. The molecule has 1 amide bonds. The molecule has 208 valence electrons. The second-order valence-electron chi connectivity index (χ2n) is 9.02. The average Bonchev–Trinajstić information content (AvgIpc) is 2.92. The van der Waals surface area contributed by atoms with Crippen LogP contribution in [0.3, 0.4) is 0 Å². The number of ether oxygens (including phenoxy) is 1.